The maximum absolute atomic E-state index is 12.3. The molecule has 5 nitrogen and oxygen atoms in total. The van der Waals surface area contributed by atoms with Gasteiger partial charge in [0.2, 0.25) is 0 Å². The smallest absolute Gasteiger partial charge is 0.319 e. The minimum atomic E-state index is -0.270. The second-order valence-electron chi connectivity index (χ2n) is 5.70. The van der Waals surface area contributed by atoms with E-state index in [1.165, 1.54) is 0 Å². The van der Waals surface area contributed by atoms with Gasteiger partial charge in [-0.25, -0.2) is 9.78 Å². The lowest BCUT2D eigenvalue weighted by Crippen LogP contribution is -2.28. The molecule has 4 aromatic rings. The average Bonchev–Trinajstić information content (AvgIpc) is 3.24. The Morgan fingerprint density at radius 1 is 1.15 bits per heavy atom. The first-order valence-electron chi connectivity index (χ1n) is 8.00. The topological polar surface area (TPSA) is 58.4 Å². The van der Waals surface area contributed by atoms with Crippen LogP contribution in [-0.2, 0) is 6.54 Å². The van der Waals surface area contributed by atoms with Crippen LogP contribution in [0.25, 0.3) is 16.2 Å². The van der Waals surface area contributed by atoms with Crippen LogP contribution in [0.5, 0.6) is 0 Å². The molecule has 7 heteroatoms. The molecule has 0 aliphatic carbocycles. The van der Waals surface area contributed by atoms with Crippen LogP contribution < -0.4 is 10.6 Å². The highest BCUT2D eigenvalue weighted by Gasteiger charge is 2.11. The molecule has 2 N–H and O–H groups in total. The Morgan fingerprint density at radius 2 is 1.96 bits per heavy atom. The van der Waals surface area contributed by atoms with E-state index in [0.29, 0.717) is 17.3 Å². The average molecular weight is 383 g/mol. The number of para-hydroxylation sites is 1. The predicted octanol–water partition coefficient (Wildman–Crippen LogP) is 5.04. The van der Waals surface area contributed by atoms with E-state index in [1.54, 1.807) is 23.5 Å². The second-order valence-corrected chi connectivity index (χ2v) is 7.01. The molecule has 26 heavy (non-hydrogen) atoms. The third kappa shape index (κ3) is 3.56. The second kappa shape index (κ2) is 7.19. The number of nitrogens with one attached hydrogen (secondary N) is 2. The summed E-state index contributed by atoms with van der Waals surface area (Å²) in [5.74, 6) is 0. The molecule has 4 rings (SSSR count). The minimum absolute atomic E-state index is 0.270. The van der Waals surface area contributed by atoms with E-state index in [-0.39, 0.29) is 6.03 Å². The first-order chi connectivity index (χ1) is 12.7. The number of anilines is 1. The number of aromatic nitrogens is 2. The number of rotatable bonds is 4. The molecule has 0 fully saturated rings. The lowest BCUT2D eigenvalue weighted by Gasteiger charge is -2.11. The zero-order valence-electron chi connectivity index (χ0n) is 13.6. The Bertz CT molecular complexity index is 1030. The summed E-state index contributed by atoms with van der Waals surface area (Å²) in [7, 11) is 0. The van der Waals surface area contributed by atoms with E-state index in [2.05, 4.69) is 15.6 Å². The van der Waals surface area contributed by atoms with E-state index >= 15 is 0 Å². The monoisotopic (exact) mass is 382 g/mol. The molecule has 0 aliphatic rings. The minimum Gasteiger partial charge on any atom is -0.334 e. The number of imidazole rings is 1. The molecule has 0 aliphatic heterocycles. The highest BCUT2D eigenvalue weighted by Crippen LogP contribution is 2.28. The zero-order valence-corrected chi connectivity index (χ0v) is 15.2. The SMILES string of the molecule is O=C(NCc1ccc(Cl)cc1)Nc1ccccc1-c1cn2ccsc2n1. The number of amides is 2. The number of carbonyl (C=O) groups is 1. The first kappa shape index (κ1) is 16.6. The van der Waals surface area contributed by atoms with Crippen molar-refractivity contribution in [1.29, 1.82) is 0 Å². The van der Waals surface area contributed by atoms with Crippen molar-refractivity contribution in [2.75, 3.05) is 5.32 Å². The van der Waals surface area contributed by atoms with E-state index in [4.69, 9.17) is 11.6 Å². The molecule has 2 aromatic heterocycles. The molecule has 2 amide bonds. The fourth-order valence-electron chi connectivity index (χ4n) is 2.62. The van der Waals surface area contributed by atoms with Crippen molar-refractivity contribution in [2.45, 2.75) is 6.54 Å². The predicted molar refractivity (Wildman–Crippen MR) is 106 cm³/mol. The number of hydrogen-bond acceptors (Lipinski definition) is 3. The molecule has 0 radical (unpaired) electrons. The number of benzene rings is 2. The largest absolute Gasteiger partial charge is 0.334 e. The van der Waals surface area contributed by atoms with Crippen molar-refractivity contribution in [3.05, 3.63) is 76.9 Å². The summed E-state index contributed by atoms with van der Waals surface area (Å²) in [5.41, 5.74) is 3.40. The van der Waals surface area contributed by atoms with Gasteiger partial charge in [0.1, 0.15) is 0 Å². The fraction of sp³-hybridized carbons (Fsp3) is 0.0526. The number of urea groups is 1. The van der Waals surface area contributed by atoms with Crippen molar-refractivity contribution >= 4 is 39.6 Å². The lowest BCUT2D eigenvalue weighted by atomic mass is 10.1. The Morgan fingerprint density at radius 3 is 2.77 bits per heavy atom. The third-order valence-corrected chi connectivity index (χ3v) is 4.93. The summed E-state index contributed by atoms with van der Waals surface area (Å²) in [5, 5.41) is 8.42. The summed E-state index contributed by atoms with van der Waals surface area (Å²) >= 11 is 7.44. The van der Waals surface area contributed by atoms with Crippen molar-refractivity contribution < 1.29 is 4.79 Å². The standard InChI is InChI=1S/C19H15ClN4OS/c20-14-7-5-13(6-8-14)11-21-18(25)22-16-4-2-1-3-15(16)17-12-24-9-10-26-19(24)23-17/h1-10,12H,11H2,(H2,21,22,25). The van der Waals surface area contributed by atoms with Crippen LogP contribution in [0, 0.1) is 0 Å². The first-order valence-corrected chi connectivity index (χ1v) is 9.26. The molecule has 0 unspecified atom stereocenters. The van der Waals surface area contributed by atoms with Gasteiger partial charge in [0.25, 0.3) is 0 Å². The van der Waals surface area contributed by atoms with Crippen LogP contribution >= 0.6 is 22.9 Å². The van der Waals surface area contributed by atoms with Gasteiger partial charge in [-0.3, -0.25) is 4.40 Å². The maximum atomic E-state index is 12.3. The van der Waals surface area contributed by atoms with Crippen LogP contribution in [0.4, 0.5) is 10.5 Å². The van der Waals surface area contributed by atoms with Crippen molar-refractivity contribution in [1.82, 2.24) is 14.7 Å². The summed E-state index contributed by atoms with van der Waals surface area (Å²) in [6, 6.07) is 14.7. The van der Waals surface area contributed by atoms with Gasteiger partial charge >= 0.3 is 6.03 Å². The molecule has 0 bridgehead atoms. The summed E-state index contributed by atoms with van der Waals surface area (Å²) in [6.45, 7) is 0.422. The van der Waals surface area contributed by atoms with E-state index in [0.717, 1.165) is 21.8 Å². The van der Waals surface area contributed by atoms with Crippen LogP contribution in [0.2, 0.25) is 5.02 Å². The van der Waals surface area contributed by atoms with Gasteiger partial charge in [-0.05, 0) is 23.8 Å². The van der Waals surface area contributed by atoms with Crippen LogP contribution in [0.3, 0.4) is 0 Å². The summed E-state index contributed by atoms with van der Waals surface area (Å²) < 4.78 is 1.97. The molecule has 2 aromatic carbocycles. The Balaban J connectivity index is 1.48. The van der Waals surface area contributed by atoms with Gasteiger partial charge in [0.15, 0.2) is 4.96 Å². The Hall–Kier alpha value is -2.83. The van der Waals surface area contributed by atoms with Gasteiger partial charge in [-0.1, -0.05) is 41.9 Å². The quantitative estimate of drug-likeness (QED) is 0.519. The molecule has 2 heterocycles. The highest BCUT2D eigenvalue weighted by atomic mass is 35.5. The number of fused-ring (bicyclic) bond motifs is 1. The number of hydrogen-bond donors (Lipinski definition) is 2. The van der Waals surface area contributed by atoms with Gasteiger partial charge in [-0.15, -0.1) is 11.3 Å². The van der Waals surface area contributed by atoms with E-state index in [9.17, 15) is 4.79 Å². The van der Waals surface area contributed by atoms with Gasteiger partial charge in [0.05, 0.1) is 11.4 Å². The van der Waals surface area contributed by atoms with Crippen LogP contribution in [0.15, 0.2) is 66.3 Å². The van der Waals surface area contributed by atoms with E-state index < -0.39 is 0 Å². The Labute approximate surface area is 159 Å². The molecule has 0 atom stereocenters. The van der Waals surface area contributed by atoms with E-state index in [1.807, 2.05) is 58.6 Å². The van der Waals surface area contributed by atoms with Crippen molar-refractivity contribution in [2.24, 2.45) is 0 Å². The zero-order chi connectivity index (χ0) is 17.9. The molecule has 0 saturated carbocycles. The summed E-state index contributed by atoms with van der Waals surface area (Å²) in [6.07, 6.45) is 3.92. The molecule has 130 valence electrons. The Kier molecular flexibility index (Phi) is 4.60. The fourth-order valence-corrected chi connectivity index (χ4v) is 3.45. The summed E-state index contributed by atoms with van der Waals surface area (Å²) in [4.78, 5) is 17.8. The van der Waals surface area contributed by atoms with Crippen molar-refractivity contribution in [3.8, 4) is 11.3 Å². The number of thiazole rings is 1. The van der Waals surface area contributed by atoms with Crippen molar-refractivity contribution in [3.63, 3.8) is 0 Å². The normalized spacial score (nSPS) is 10.8. The molecule has 0 saturated heterocycles. The highest BCUT2D eigenvalue weighted by molar-refractivity contribution is 7.15. The molecular formula is C19H15ClN4OS. The van der Waals surface area contributed by atoms with Gasteiger partial charge in [0, 0.05) is 34.9 Å². The third-order valence-electron chi connectivity index (χ3n) is 3.91. The van der Waals surface area contributed by atoms with Crippen LogP contribution in [0.1, 0.15) is 5.56 Å². The number of halogens is 1. The van der Waals surface area contributed by atoms with Gasteiger partial charge < -0.3 is 10.6 Å². The molecule has 0 spiro atoms. The number of nitrogens with zero attached hydrogens (tertiary/aromatic N) is 2. The number of carbonyl (C=O) groups excluding carboxylic acids is 1. The maximum Gasteiger partial charge on any atom is 0.319 e. The lowest BCUT2D eigenvalue weighted by molar-refractivity contribution is 0.252. The van der Waals surface area contributed by atoms with Gasteiger partial charge in [-0.2, -0.15) is 0 Å². The molecular weight excluding hydrogens is 368 g/mol. The van der Waals surface area contributed by atoms with Crippen LogP contribution in [-0.4, -0.2) is 15.4 Å².